The van der Waals surface area contributed by atoms with Crippen molar-refractivity contribution in [1.29, 1.82) is 0 Å². The lowest BCUT2D eigenvalue weighted by molar-refractivity contribution is -0.969. The SMILES string of the molecule is O=[N+](O)O.c1ccc2c3ccn4cc5c(cc4c-3nc2c1)CCCC5. The molecule has 0 spiro atoms. The molecule has 1 aliphatic carbocycles. The molecule has 0 saturated carbocycles. The molecule has 0 bridgehead atoms. The van der Waals surface area contributed by atoms with E-state index in [1.165, 1.54) is 53.3 Å². The van der Waals surface area contributed by atoms with Gasteiger partial charge in [-0.1, -0.05) is 18.2 Å². The molecule has 2 aliphatic heterocycles. The summed E-state index contributed by atoms with van der Waals surface area (Å²) in [6.45, 7) is 0. The molecule has 0 unspecified atom stereocenters. The summed E-state index contributed by atoms with van der Waals surface area (Å²) < 4.78 is 2.25. The molecule has 3 heterocycles. The number of pyridine rings is 2. The molecule has 126 valence electrons. The van der Waals surface area contributed by atoms with Crippen LogP contribution < -0.4 is 0 Å². The predicted octanol–water partition coefficient (Wildman–Crippen LogP) is 4.01. The molecule has 1 aromatic carbocycles. The minimum atomic E-state index is -1.25. The first-order chi connectivity index (χ1) is 12.1. The molecule has 0 fully saturated rings. The topological polar surface area (TPSA) is 77.8 Å². The summed E-state index contributed by atoms with van der Waals surface area (Å²) in [4.78, 5) is 13.3. The van der Waals surface area contributed by atoms with Gasteiger partial charge in [-0.3, -0.25) is 0 Å². The van der Waals surface area contributed by atoms with E-state index in [1.54, 1.807) is 0 Å². The van der Waals surface area contributed by atoms with Crippen LogP contribution in [-0.4, -0.2) is 24.9 Å². The number of para-hydroxylation sites is 1. The van der Waals surface area contributed by atoms with Crippen molar-refractivity contribution in [3.05, 3.63) is 64.8 Å². The van der Waals surface area contributed by atoms with Crippen LogP contribution in [0.2, 0.25) is 0 Å². The van der Waals surface area contributed by atoms with E-state index >= 15 is 0 Å². The standard InChI is InChI=1S/C19H16N2.H2NO3/c1-2-6-14-12-21-10-9-16-15-7-3-4-8-17(15)20-19(16)18(21)11-13(14)5-1;2-1(3)4/h3-4,7-12H,1-2,5-6H2;(H2,2,3,4)/q;+1. The molecule has 0 atom stereocenters. The molecular weight excluding hydrogens is 318 g/mol. The van der Waals surface area contributed by atoms with Gasteiger partial charge in [0.25, 0.3) is 0 Å². The number of hydrogen-bond acceptors (Lipinski definition) is 2. The molecule has 0 amide bonds. The number of aryl methyl sites for hydroxylation is 2. The average Bonchev–Trinajstić information content (AvgIpc) is 2.99. The van der Waals surface area contributed by atoms with E-state index in [0.29, 0.717) is 0 Å². The Morgan fingerprint density at radius 1 is 1.04 bits per heavy atom. The number of benzene rings is 1. The maximum atomic E-state index is 8.47. The highest BCUT2D eigenvalue weighted by atomic mass is 16.9. The van der Waals surface area contributed by atoms with Crippen LogP contribution in [0.15, 0.2) is 48.8 Å². The van der Waals surface area contributed by atoms with E-state index in [-0.39, 0.29) is 0 Å². The zero-order valence-electron chi connectivity index (χ0n) is 13.6. The van der Waals surface area contributed by atoms with E-state index in [9.17, 15) is 0 Å². The van der Waals surface area contributed by atoms with Crippen LogP contribution in [-0.2, 0) is 12.8 Å². The molecule has 3 aliphatic rings. The Morgan fingerprint density at radius 2 is 1.76 bits per heavy atom. The van der Waals surface area contributed by atoms with Gasteiger partial charge in [0, 0.05) is 23.3 Å². The average molecular weight is 336 g/mol. The van der Waals surface area contributed by atoms with E-state index in [1.807, 2.05) is 0 Å². The summed E-state index contributed by atoms with van der Waals surface area (Å²) in [6, 6.07) is 13.0. The number of fused-ring (bicyclic) bond motifs is 6. The van der Waals surface area contributed by atoms with Crippen molar-refractivity contribution in [3.63, 3.8) is 0 Å². The highest BCUT2D eigenvalue weighted by Crippen LogP contribution is 2.35. The number of aromatic nitrogens is 2. The first-order valence-corrected chi connectivity index (χ1v) is 8.29. The Balaban J connectivity index is 0.000000358. The molecule has 0 saturated heterocycles. The summed E-state index contributed by atoms with van der Waals surface area (Å²) in [5.41, 5.74) is 7.76. The Hall–Kier alpha value is -3.15. The molecule has 2 aromatic rings. The van der Waals surface area contributed by atoms with Crippen molar-refractivity contribution in [1.82, 2.24) is 9.38 Å². The fraction of sp³-hybridized carbons (Fsp3) is 0.211. The van der Waals surface area contributed by atoms with Crippen LogP contribution >= 0.6 is 0 Å². The largest absolute Gasteiger partial charge is 0.472 e. The van der Waals surface area contributed by atoms with Gasteiger partial charge in [0.05, 0.1) is 16.7 Å². The second kappa shape index (κ2) is 6.05. The monoisotopic (exact) mass is 336 g/mol. The highest BCUT2D eigenvalue weighted by molar-refractivity contribution is 6.01. The van der Waals surface area contributed by atoms with E-state index in [2.05, 4.69) is 53.2 Å². The number of rotatable bonds is 0. The Kier molecular flexibility index (Phi) is 3.72. The first kappa shape index (κ1) is 15.4. The third-order valence-corrected chi connectivity index (χ3v) is 4.76. The summed E-state index contributed by atoms with van der Waals surface area (Å²) in [7, 11) is 0. The molecule has 6 heteroatoms. The summed E-state index contributed by atoms with van der Waals surface area (Å²) in [5.74, 6) is 0. The number of hydrogen-bond donors (Lipinski definition) is 2. The van der Waals surface area contributed by atoms with Crippen molar-refractivity contribution in [2.45, 2.75) is 25.7 Å². The predicted molar refractivity (Wildman–Crippen MR) is 93.2 cm³/mol. The van der Waals surface area contributed by atoms with Gasteiger partial charge in [0.1, 0.15) is 4.91 Å². The van der Waals surface area contributed by atoms with Crippen LogP contribution in [0.25, 0.3) is 27.7 Å². The molecule has 0 radical (unpaired) electrons. The lowest BCUT2D eigenvalue weighted by Crippen LogP contribution is -2.05. The van der Waals surface area contributed by atoms with Crippen molar-refractivity contribution >= 4 is 16.4 Å². The van der Waals surface area contributed by atoms with E-state index < -0.39 is 5.09 Å². The van der Waals surface area contributed by atoms with Gasteiger partial charge in [-0.15, -0.1) is 0 Å². The summed E-state index contributed by atoms with van der Waals surface area (Å²) >= 11 is 0. The van der Waals surface area contributed by atoms with Crippen molar-refractivity contribution in [3.8, 4) is 11.3 Å². The smallest absolute Gasteiger partial charge is 0.322 e. The van der Waals surface area contributed by atoms with Gasteiger partial charge in [0.15, 0.2) is 0 Å². The first-order valence-electron chi connectivity index (χ1n) is 8.29. The third-order valence-electron chi connectivity index (χ3n) is 4.76. The number of nitrogens with zero attached hydrogens (tertiary/aromatic N) is 3. The third kappa shape index (κ3) is 2.76. The highest BCUT2D eigenvalue weighted by Gasteiger charge is 2.17. The van der Waals surface area contributed by atoms with Gasteiger partial charge in [0.2, 0.25) is 0 Å². The second-order valence-electron chi connectivity index (χ2n) is 6.28. The van der Waals surface area contributed by atoms with E-state index in [4.69, 9.17) is 20.3 Å². The molecule has 2 N–H and O–H groups in total. The van der Waals surface area contributed by atoms with Gasteiger partial charge >= 0.3 is 5.09 Å². The Labute approximate surface area is 143 Å². The normalized spacial score (nSPS) is 13.4. The van der Waals surface area contributed by atoms with Crippen LogP contribution in [0.4, 0.5) is 0 Å². The summed E-state index contributed by atoms with van der Waals surface area (Å²) in [6.07, 6.45) is 9.55. The minimum absolute atomic E-state index is 1.10. The quantitative estimate of drug-likeness (QED) is 0.476. The van der Waals surface area contributed by atoms with Crippen LogP contribution in [0.1, 0.15) is 24.0 Å². The van der Waals surface area contributed by atoms with E-state index in [0.717, 1.165) is 11.2 Å². The molecule has 1 aromatic heterocycles. The van der Waals surface area contributed by atoms with Crippen molar-refractivity contribution < 1.29 is 15.5 Å². The van der Waals surface area contributed by atoms with Crippen LogP contribution in [0.3, 0.4) is 0 Å². The molecule has 25 heavy (non-hydrogen) atoms. The Bertz CT molecular complexity index is 1050. The van der Waals surface area contributed by atoms with Crippen molar-refractivity contribution in [2.75, 3.05) is 0 Å². The van der Waals surface area contributed by atoms with Crippen LogP contribution in [0.5, 0.6) is 0 Å². The maximum Gasteiger partial charge on any atom is 0.472 e. The van der Waals surface area contributed by atoms with Gasteiger partial charge < -0.3 is 4.40 Å². The maximum absolute atomic E-state index is 8.47. The minimum Gasteiger partial charge on any atom is -0.322 e. The van der Waals surface area contributed by atoms with Gasteiger partial charge in [-0.05, 0) is 55.0 Å². The lowest BCUT2D eigenvalue weighted by atomic mass is 9.92. The van der Waals surface area contributed by atoms with Crippen LogP contribution in [0, 0.1) is 4.91 Å². The molecular formula is C19H18N3O3+. The fourth-order valence-electron chi connectivity index (χ4n) is 3.68. The molecule has 5 rings (SSSR count). The molecule has 6 nitrogen and oxygen atoms in total. The lowest BCUT2D eigenvalue weighted by Gasteiger charge is -2.18. The van der Waals surface area contributed by atoms with Crippen molar-refractivity contribution in [2.24, 2.45) is 0 Å². The second-order valence-corrected chi connectivity index (χ2v) is 6.28. The zero-order chi connectivity index (χ0) is 17.4. The van der Waals surface area contributed by atoms with Gasteiger partial charge in [-0.25, -0.2) is 15.4 Å². The Morgan fingerprint density at radius 3 is 2.56 bits per heavy atom. The van der Waals surface area contributed by atoms with Gasteiger partial charge in [-0.2, -0.15) is 0 Å². The zero-order valence-corrected chi connectivity index (χ0v) is 13.6. The summed E-state index contributed by atoms with van der Waals surface area (Å²) in [5, 5.41) is 13.8. The fourth-order valence-corrected chi connectivity index (χ4v) is 3.68.